The SMILES string of the molecule is CC(C)OC(=O)C(N)(CC(C)(C)CC#N)c1ccc(Cl)cc1. The van der Waals surface area contributed by atoms with Crippen molar-refractivity contribution >= 4 is 17.6 Å². The number of nitrogens with two attached hydrogens (primary N) is 1. The summed E-state index contributed by atoms with van der Waals surface area (Å²) >= 11 is 5.91. The van der Waals surface area contributed by atoms with Crippen LogP contribution in [0.3, 0.4) is 0 Å². The van der Waals surface area contributed by atoms with Crippen molar-refractivity contribution in [3.8, 4) is 6.07 Å². The smallest absolute Gasteiger partial charge is 0.331 e. The number of halogens is 1. The van der Waals surface area contributed by atoms with Gasteiger partial charge in [0, 0.05) is 11.4 Å². The fraction of sp³-hybridized carbons (Fsp3) is 0.529. The Kier molecular flexibility index (Phi) is 5.99. The standard InChI is InChI=1S/C17H23ClN2O2/c1-12(2)22-15(21)17(20,11-16(3,4)9-10-19)13-5-7-14(18)8-6-13/h5-8,12H,9,11,20H2,1-4H3. The van der Waals surface area contributed by atoms with Crippen molar-refractivity contribution in [3.05, 3.63) is 34.9 Å². The lowest BCUT2D eigenvalue weighted by Crippen LogP contribution is -2.49. The van der Waals surface area contributed by atoms with Crippen molar-refractivity contribution in [2.45, 2.75) is 52.2 Å². The van der Waals surface area contributed by atoms with Gasteiger partial charge in [-0.2, -0.15) is 5.26 Å². The molecule has 0 saturated heterocycles. The Bertz CT molecular complexity index is 561. The average Bonchev–Trinajstić information content (AvgIpc) is 2.37. The molecule has 0 aliphatic rings. The highest BCUT2D eigenvalue weighted by Gasteiger charge is 2.42. The Balaban J connectivity index is 3.23. The zero-order chi connectivity index (χ0) is 17.0. The van der Waals surface area contributed by atoms with E-state index in [1.807, 2.05) is 13.8 Å². The van der Waals surface area contributed by atoms with Crippen LogP contribution in [0.4, 0.5) is 0 Å². The highest BCUT2D eigenvalue weighted by molar-refractivity contribution is 6.30. The predicted molar refractivity (Wildman–Crippen MR) is 87.2 cm³/mol. The third kappa shape index (κ3) is 4.72. The molecule has 0 fully saturated rings. The minimum absolute atomic E-state index is 0.262. The van der Waals surface area contributed by atoms with E-state index in [0.717, 1.165) is 0 Å². The van der Waals surface area contributed by atoms with Crippen molar-refractivity contribution in [2.24, 2.45) is 11.1 Å². The topological polar surface area (TPSA) is 76.1 Å². The van der Waals surface area contributed by atoms with Gasteiger partial charge in [0.15, 0.2) is 0 Å². The number of benzene rings is 1. The summed E-state index contributed by atoms with van der Waals surface area (Å²) in [6.45, 7) is 7.38. The first-order valence-electron chi connectivity index (χ1n) is 7.24. The van der Waals surface area contributed by atoms with Crippen LogP contribution in [0, 0.1) is 16.7 Å². The maximum atomic E-state index is 12.6. The Labute approximate surface area is 137 Å². The molecule has 0 saturated carbocycles. The summed E-state index contributed by atoms with van der Waals surface area (Å²) in [6, 6.07) is 8.98. The Hall–Kier alpha value is -1.57. The molecule has 0 heterocycles. The lowest BCUT2D eigenvalue weighted by molar-refractivity contribution is -0.156. The third-order valence-corrected chi connectivity index (χ3v) is 3.63. The van der Waals surface area contributed by atoms with Crippen molar-refractivity contribution in [3.63, 3.8) is 0 Å². The second-order valence-electron chi connectivity index (χ2n) is 6.61. The molecule has 0 bridgehead atoms. The number of hydrogen-bond acceptors (Lipinski definition) is 4. The van der Waals surface area contributed by atoms with Crippen LogP contribution in [0.1, 0.15) is 46.1 Å². The summed E-state index contributed by atoms with van der Waals surface area (Å²) in [6.07, 6.45) is 0.344. The first kappa shape index (κ1) is 18.5. The van der Waals surface area contributed by atoms with Crippen LogP contribution in [0.5, 0.6) is 0 Å². The van der Waals surface area contributed by atoms with E-state index in [9.17, 15) is 4.79 Å². The van der Waals surface area contributed by atoms with Crippen molar-refractivity contribution in [2.75, 3.05) is 0 Å². The number of esters is 1. The van der Waals surface area contributed by atoms with Gasteiger partial charge < -0.3 is 10.5 Å². The second kappa shape index (κ2) is 7.13. The summed E-state index contributed by atoms with van der Waals surface area (Å²) in [5.74, 6) is -0.490. The normalized spacial score (nSPS) is 14.3. The van der Waals surface area contributed by atoms with E-state index < -0.39 is 16.9 Å². The Morgan fingerprint density at radius 2 is 1.91 bits per heavy atom. The largest absolute Gasteiger partial charge is 0.461 e. The third-order valence-electron chi connectivity index (χ3n) is 3.38. The molecule has 0 aliphatic heterocycles. The van der Waals surface area contributed by atoms with E-state index in [1.165, 1.54) is 0 Å². The fourth-order valence-corrected chi connectivity index (χ4v) is 2.52. The van der Waals surface area contributed by atoms with Crippen molar-refractivity contribution in [1.82, 2.24) is 0 Å². The first-order chi connectivity index (χ1) is 10.1. The van der Waals surface area contributed by atoms with Crippen LogP contribution in [0.25, 0.3) is 0 Å². The predicted octanol–water partition coefficient (Wildman–Crippen LogP) is 3.78. The Morgan fingerprint density at radius 3 is 2.36 bits per heavy atom. The molecule has 5 heteroatoms. The number of carbonyl (C=O) groups excluding carboxylic acids is 1. The summed E-state index contributed by atoms with van der Waals surface area (Å²) in [7, 11) is 0. The number of nitriles is 1. The molecule has 0 amide bonds. The van der Waals surface area contributed by atoms with Gasteiger partial charge in [0.05, 0.1) is 12.2 Å². The minimum atomic E-state index is -1.31. The highest BCUT2D eigenvalue weighted by Crippen LogP contribution is 2.37. The average molecular weight is 323 g/mol. The number of nitrogens with zero attached hydrogens (tertiary/aromatic N) is 1. The van der Waals surface area contributed by atoms with E-state index in [4.69, 9.17) is 27.3 Å². The summed E-state index contributed by atoms with van der Waals surface area (Å²) in [5.41, 5.74) is 5.36. The Morgan fingerprint density at radius 1 is 1.36 bits per heavy atom. The molecule has 0 spiro atoms. The van der Waals surface area contributed by atoms with Crippen LogP contribution in [-0.4, -0.2) is 12.1 Å². The number of rotatable bonds is 6. The van der Waals surface area contributed by atoms with E-state index >= 15 is 0 Å². The molecule has 2 N–H and O–H groups in total. The molecule has 4 nitrogen and oxygen atoms in total. The number of ether oxygens (including phenoxy) is 1. The van der Waals surface area contributed by atoms with E-state index in [2.05, 4.69) is 6.07 Å². The zero-order valence-corrected chi connectivity index (χ0v) is 14.3. The lowest BCUT2D eigenvalue weighted by atomic mass is 9.74. The van der Waals surface area contributed by atoms with Gasteiger partial charge in [-0.25, -0.2) is 4.79 Å². The van der Waals surface area contributed by atoms with E-state index in [0.29, 0.717) is 23.4 Å². The lowest BCUT2D eigenvalue weighted by Gasteiger charge is -2.35. The first-order valence-corrected chi connectivity index (χ1v) is 7.61. The maximum Gasteiger partial charge on any atom is 0.331 e. The number of carbonyl (C=O) groups is 1. The van der Waals surface area contributed by atoms with Gasteiger partial charge >= 0.3 is 5.97 Å². The molecule has 0 aliphatic carbocycles. The number of hydrogen-bond donors (Lipinski definition) is 1. The molecule has 120 valence electrons. The van der Waals surface area contributed by atoms with E-state index in [1.54, 1.807) is 38.1 Å². The zero-order valence-electron chi connectivity index (χ0n) is 13.5. The van der Waals surface area contributed by atoms with Gasteiger partial charge in [-0.3, -0.25) is 0 Å². The van der Waals surface area contributed by atoms with Gasteiger partial charge in [-0.05, 0) is 43.4 Å². The maximum absolute atomic E-state index is 12.6. The summed E-state index contributed by atoms with van der Waals surface area (Å²) < 4.78 is 5.34. The molecule has 0 radical (unpaired) electrons. The highest BCUT2D eigenvalue weighted by atomic mass is 35.5. The van der Waals surface area contributed by atoms with Crippen LogP contribution in [0.2, 0.25) is 5.02 Å². The molecular weight excluding hydrogens is 300 g/mol. The van der Waals surface area contributed by atoms with Crippen molar-refractivity contribution in [1.29, 1.82) is 5.26 Å². The van der Waals surface area contributed by atoms with Crippen LogP contribution < -0.4 is 5.73 Å². The van der Waals surface area contributed by atoms with Gasteiger partial charge in [0.1, 0.15) is 5.54 Å². The van der Waals surface area contributed by atoms with Gasteiger partial charge in [-0.15, -0.1) is 0 Å². The quantitative estimate of drug-likeness (QED) is 0.809. The molecule has 1 aromatic rings. The van der Waals surface area contributed by atoms with Gasteiger partial charge in [-0.1, -0.05) is 37.6 Å². The second-order valence-corrected chi connectivity index (χ2v) is 7.04. The molecule has 1 rings (SSSR count). The molecular formula is C17H23ClN2O2. The van der Waals surface area contributed by atoms with Gasteiger partial charge in [0.2, 0.25) is 0 Å². The molecule has 1 atom stereocenters. The minimum Gasteiger partial charge on any atom is -0.461 e. The van der Waals surface area contributed by atoms with Crippen LogP contribution in [0.15, 0.2) is 24.3 Å². The van der Waals surface area contributed by atoms with Crippen LogP contribution >= 0.6 is 11.6 Å². The molecule has 0 aromatic heterocycles. The molecule has 1 unspecified atom stereocenters. The molecule has 22 heavy (non-hydrogen) atoms. The van der Waals surface area contributed by atoms with Crippen LogP contribution in [-0.2, 0) is 15.1 Å². The summed E-state index contributed by atoms with van der Waals surface area (Å²) in [4.78, 5) is 12.6. The van der Waals surface area contributed by atoms with Crippen molar-refractivity contribution < 1.29 is 9.53 Å². The monoisotopic (exact) mass is 322 g/mol. The fourth-order valence-electron chi connectivity index (χ4n) is 2.39. The van der Waals surface area contributed by atoms with E-state index in [-0.39, 0.29) is 6.10 Å². The summed E-state index contributed by atoms with van der Waals surface area (Å²) in [5, 5.41) is 9.53. The molecule has 1 aromatic carbocycles. The van der Waals surface area contributed by atoms with Gasteiger partial charge in [0.25, 0.3) is 0 Å².